The zero-order chi connectivity index (χ0) is 14.5. The summed E-state index contributed by atoms with van der Waals surface area (Å²) >= 11 is 0. The van der Waals surface area contributed by atoms with Crippen LogP contribution < -0.4 is 10.2 Å². The van der Waals surface area contributed by atoms with Crippen molar-refractivity contribution in [3.05, 3.63) is 53.6 Å². The molecule has 106 valence electrons. The quantitative estimate of drug-likeness (QED) is 0.909. The second kappa shape index (κ2) is 6.43. The molecule has 4 nitrogen and oxygen atoms in total. The van der Waals surface area contributed by atoms with Gasteiger partial charge in [-0.05, 0) is 19.1 Å². The Labute approximate surface area is 118 Å². The molecular weight excluding hydrogens is 255 g/mol. The predicted molar refractivity (Wildman–Crippen MR) is 78.0 cm³/mol. The van der Waals surface area contributed by atoms with Gasteiger partial charge in [0.15, 0.2) is 0 Å². The average Bonchev–Trinajstić information content (AvgIpc) is 2.45. The van der Waals surface area contributed by atoms with Crippen LogP contribution in [0.3, 0.4) is 0 Å². The molecule has 1 N–H and O–H groups in total. The molecule has 0 amide bonds. The third-order valence-electron chi connectivity index (χ3n) is 3.06. The molecule has 1 aromatic heterocycles. The highest BCUT2D eigenvalue weighted by molar-refractivity contribution is 5.27. The van der Waals surface area contributed by atoms with E-state index < -0.39 is 0 Å². The molecule has 0 aliphatic carbocycles. The molecule has 2 rings (SSSR count). The smallest absolute Gasteiger partial charge is 0.225 e. The van der Waals surface area contributed by atoms with Crippen LogP contribution in [-0.2, 0) is 6.54 Å². The molecule has 0 bridgehead atoms. The van der Waals surface area contributed by atoms with Crippen LogP contribution in [0.25, 0.3) is 0 Å². The number of rotatable bonds is 5. The lowest BCUT2D eigenvalue weighted by Gasteiger charge is -2.15. The molecule has 0 saturated carbocycles. The van der Waals surface area contributed by atoms with Crippen LogP contribution >= 0.6 is 0 Å². The van der Waals surface area contributed by atoms with E-state index in [1.54, 1.807) is 18.3 Å². The van der Waals surface area contributed by atoms with E-state index >= 15 is 0 Å². The fourth-order valence-corrected chi connectivity index (χ4v) is 1.89. The van der Waals surface area contributed by atoms with Crippen molar-refractivity contribution in [3.63, 3.8) is 0 Å². The van der Waals surface area contributed by atoms with Gasteiger partial charge in [0.1, 0.15) is 5.82 Å². The van der Waals surface area contributed by atoms with Gasteiger partial charge < -0.3 is 10.2 Å². The molecular formula is C15H19FN4. The van der Waals surface area contributed by atoms with Gasteiger partial charge in [-0.1, -0.05) is 18.2 Å². The summed E-state index contributed by atoms with van der Waals surface area (Å²) in [7, 11) is 3.79. The third-order valence-corrected chi connectivity index (χ3v) is 3.06. The van der Waals surface area contributed by atoms with Gasteiger partial charge in [0, 0.05) is 38.4 Å². The van der Waals surface area contributed by atoms with Gasteiger partial charge in [-0.3, -0.25) is 0 Å². The van der Waals surface area contributed by atoms with E-state index in [1.165, 1.54) is 6.07 Å². The van der Waals surface area contributed by atoms with E-state index in [9.17, 15) is 4.39 Å². The van der Waals surface area contributed by atoms with Gasteiger partial charge in [0.05, 0.1) is 5.69 Å². The van der Waals surface area contributed by atoms with E-state index in [2.05, 4.69) is 15.3 Å². The lowest BCUT2D eigenvalue weighted by molar-refractivity contribution is 0.524. The van der Waals surface area contributed by atoms with Crippen molar-refractivity contribution in [1.82, 2.24) is 15.3 Å². The van der Waals surface area contributed by atoms with E-state index in [1.807, 2.05) is 38.1 Å². The molecule has 1 atom stereocenters. The fraction of sp³-hybridized carbons (Fsp3) is 0.333. The van der Waals surface area contributed by atoms with Gasteiger partial charge in [0.2, 0.25) is 5.95 Å². The standard InChI is InChI=1S/C15H19FN4/c1-11(13-6-4-5-7-14(13)16)18-10-12-8-9-17-15(19-12)20(2)3/h4-9,11,18H,10H2,1-3H3/t11-/m0/s1. The van der Waals surface area contributed by atoms with E-state index in [0.717, 1.165) is 5.69 Å². The molecule has 2 aromatic rings. The van der Waals surface area contributed by atoms with Gasteiger partial charge in [-0.2, -0.15) is 0 Å². The molecule has 5 heteroatoms. The van der Waals surface area contributed by atoms with Crippen molar-refractivity contribution >= 4 is 5.95 Å². The number of halogens is 1. The summed E-state index contributed by atoms with van der Waals surface area (Å²) in [6, 6.07) is 8.58. The molecule has 0 spiro atoms. The van der Waals surface area contributed by atoms with Crippen molar-refractivity contribution in [2.24, 2.45) is 0 Å². The van der Waals surface area contributed by atoms with Gasteiger partial charge in [-0.15, -0.1) is 0 Å². The minimum absolute atomic E-state index is 0.0750. The summed E-state index contributed by atoms with van der Waals surface area (Å²) in [4.78, 5) is 10.4. The second-order valence-electron chi connectivity index (χ2n) is 4.87. The van der Waals surface area contributed by atoms with Crippen molar-refractivity contribution in [2.45, 2.75) is 19.5 Å². The molecule has 0 saturated heterocycles. The maximum absolute atomic E-state index is 13.7. The van der Waals surface area contributed by atoms with Crippen molar-refractivity contribution in [3.8, 4) is 0 Å². The lowest BCUT2D eigenvalue weighted by Crippen LogP contribution is -2.21. The van der Waals surface area contributed by atoms with Crippen LogP contribution in [0.4, 0.5) is 10.3 Å². The van der Waals surface area contributed by atoms with Crippen LogP contribution in [0.15, 0.2) is 36.5 Å². The molecule has 1 heterocycles. The largest absolute Gasteiger partial charge is 0.347 e. The summed E-state index contributed by atoms with van der Waals surface area (Å²) in [6.45, 7) is 2.51. The number of nitrogens with one attached hydrogen (secondary N) is 1. The first-order valence-corrected chi connectivity index (χ1v) is 6.55. The fourth-order valence-electron chi connectivity index (χ4n) is 1.89. The Bertz CT molecular complexity index is 571. The summed E-state index contributed by atoms with van der Waals surface area (Å²) in [5.41, 5.74) is 1.54. The summed E-state index contributed by atoms with van der Waals surface area (Å²) in [6.07, 6.45) is 1.73. The molecule has 0 aliphatic heterocycles. The monoisotopic (exact) mass is 274 g/mol. The van der Waals surface area contributed by atoms with Gasteiger partial charge in [-0.25, -0.2) is 14.4 Å². The zero-order valence-corrected chi connectivity index (χ0v) is 12.0. The number of aromatic nitrogens is 2. The molecule has 0 unspecified atom stereocenters. The van der Waals surface area contributed by atoms with Crippen LogP contribution in [0.2, 0.25) is 0 Å². The Kier molecular flexibility index (Phi) is 4.63. The van der Waals surface area contributed by atoms with E-state index in [0.29, 0.717) is 18.1 Å². The number of nitrogens with zero attached hydrogens (tertiary/aromatic N) is 3. The molecule has 0 aliphatic rings. The van der Waals surface area contributed by atoms with Crippen molar-refractivity contribution in [1.29, 1.82) is 0 Å². The third kappa shape index (κ3) is 3.51. The van der Waals surface area contributed by atoms with Crippen molar-refractivity contribution < 1.29 is 4.39 Å². The summed E-state index contributed by atoms with van der Waals surface area (Å²) < 4.78 is 13.7. The van der Waals surface area contributed by atoms with Crippen LogP contribution in [0.5, 0.6) is 0 Å². The van der Waals surface area contributed by atoms with Gasteiger partial charge in [0.25, 0.3) is 0 Å². The second-order valence-corrected chi connectivity index (χ2v) is 4.87. The predicted octanol–water partition coefficient (Wildman–Crippen LogP) is 2.53. The normalized spacial score (nSPS) is 12.2. The molecule has 1 aromatic carbocycles. The minimum Gasteiger partial charge on any atom is -0.347 e. The number of hydrogen-bond acceptors (Lipinski definition) is 4. The average molecular weight is 274 g/mol. The topological polar surface area (TPSA) is 41.1 Å². The number of anilines is 1. The maximum atomic E-state index is 13.7. The minimum atomic E-state index is -0.191. The SMILES string of the molecule is C[C@H](NCc1ccnc(N(C)C)n1)c1ccccc1F. The Morgan fingerprint density at radius 1 is 1.25 bits per heavy atom. The summed E-state index contributed by atoms with van der Waals surface area (Å²) in [5.74, 6) is 0.479. The van der Waals surface area contributed by atoms with Crippen molar-refractivity contribution in [2.75, 3.05) is 19.0 Å². The highest BCUT2D eigenvalue weighted by Gasteiger charge is 2.10. The lowest BCUT2D eigenvalue weighted by atomic mass is 10.1. The van der Waals surface area contributed by atoms with Crippen LogP contribution in [0, 0.1) is 5.82 Å². The number of benzene rings is 1. The number of hydrogen-bond donors (Lipinski definition) is 1. The maximum Gasteiger partial charge on any atom is 0.225 e. The molecule has 20 heavy (non-hydrogen) atoms. The van der Waals surface area contributed by atoms with E-state index in [-0.39, 0.29) is 11.9 Å². The first kappa shape index (κ1) is 14.4. The first-order chi connectivity index (χ1) is 9.58. The highest BCUT2D eigenvalue weighted by Crippen LogP contribution is 2.16. The Morgan fingerprint density at radius 3 is 2.70 bits per heavy atom. The Morgan fingerprint density at radius 2 is 2.00 bits per heavy atom. The van der Waals surface area contributed by atoms with Crippen LogP contribution in [0.1, 0.15) is 24.2 Å². The Hall–Kier alpha value is -2.01. The Balaban J connectivity index is 2.02. The molecule has 0 fully saturated rings. The zero-order valence-electron chi connectivity index (χ0n) is 12.0. The first-order valence-electron chi connectivity index (χ1n) is 6.55. The summed E-state index contributed by atoms with van der Waals surface area (Å²) in [5, 5.41) is 3.27. The van der Waals surface area contributed by atoms with E-state index in [4.69, 9.17) is 0 Å². The highest BCUT2D eigenvalue weighted by atomic mass is 19.1. The van der Waals surface area contributed by atoms with Crippen LogP contribution in [-0.4, -0.2) is 24.1 Å². The molecule has 0 radical (unpaired) electrons. The van der Waals surface area contributed by atoms with Gasteiger partial charge >= 0.3 is 0 Å².